The second kappa shape index (κ2) is 8.47. The van der Waals surface area contributed by atoms with Gasteiger partial charge in [-0.05, 0) is 48.9 Å². The number of anilines is 1. The minimum absolute atomic E-state index is 0.0697. The van der Waals surface area contributed by atoms with Crippen molar-refractivity contribution in [3.8, 4) is 0 Å². The molecule has 0 saturated heterocycles. The van der Waals surface area contributed by atoms with Crippen molar-refractivity contribution in [3.63, 3.8) is 0 Å². The summed E-state index contributed by atoms with van der Waals surface area (Å²) >= 11 is 5.79. The molecule has 1 unspecified atom stereocenters. The normalized spacial score (nSPS) is 11.6. The van der Waals surface area contributed by atoms with E-state index in [1.165, 1.54) is 0 Å². The van der Waals surface area contributed by atoms with Gasteiger partial charge in [0.05, 0.1) is 12.5 Å². The number of nitrogens with one attached hydrogen (secondary N) is 2. The highest BCUT2D eigenvalue weighted by atomic mass is 35.5. The molecule has 0 aliphatic heterocycles. The van der Waals surface area contributed by atoms with Gasteiger partial charge in [-0.3, -0.25) is 9.59 Å². The molecule has 3 N–H and O–H groups in total. The Kier molecular flexibility index (Phi) is 6.35. The van der Waals surface area contributed by atoms with Crippen molar-refractivity contribution in [2.45, 2.75) is 19.4 Å². The number of halogens is 1. The molecule has 2 amide bonds. The van der Waals surface area contributed by atoms with Gasteiger partial charge in [0, 0.05) is 22.8 Å². The van der Waals surface area contributed by atoms with Gasteiger partial charge >= 0.3 is 0 Å². The molecule has 2 rings (SSSR count). The molecule has 2 aromatic carbocycles. The molecule has 0 aliphatic rings. The van der Waals surface area contributed by atoms with E-state index in [2.05, 4.69) is 10.6 Å². The number of amides is 2. The Balaban J connectivity index is 1.92. The zero-order valence-electron chi connectivity index (χ0n) is 13.3. The number of aliphatic hydroxyl groups is 1. The van der Waals surface area contributed by atoms with Crippen LogP contribution in [0.3, 0.4) is 0 Å². The molecule has 0 aromatic heterocycles. The molecule has 0 saturated carbocycles. The molecule has 0 aliphatic carbocycles. The first-order chi connectivity index (χ1) is 11.5. The maximum atomic E-state index is 12.0. The van der Waals surface area contributed by atoms with Gasteiger partial charge in [-0.1, -0.05) is 23.7 Å². The molecule has 6 heteroatoms. The summed E-state index contributed by atoms with van der Waals surface area (Å²) in [5.74, 6) is -0.475. The molecule has 0 heterocycles. The van der Waals surface area contributed by atoms with Gasteiger partial charge < -0.3 is 15.7 Å². The van der Waals surface area contributed by atoms with Gasteiger partial charge in [0.15, 0.2) is 0 Å². The van der Waals surface area contributed by atoms with E-state index in [0.29, 0.717) is 28.4 Å². The summed E-state index contributed by atoms with van der Waals surface area (Å²) in [6.07, 6.45) is -0.975. The maximum absolute atomic E-state index is 12.0. The van der Waals surface area contributed by atoms with Crippen molar-refractivity contribution in [2.75, 3.05) is 11.9 Å². The first-order valence-corrected chi connectivity index (χ1v) is 7.99. The molecule has 126 valence electrons. The lowest BCUT2D eigenvalue weighted by Crippen LogP contribution is -2.22. The molecule has 2 aromatic rings. The van der Waals surface area contributed by atoms with Gasteiger partial charge in [0.25, 0.3) is 5.91 Å². The third kappa shape index (κ3) is 5.08. The van der Waals surface area contributed by atoms with Crippen molar-refractivity contribution in [2.24, 2.45) is 0 Å². The van der Waals surface area contributed by atoms with Gasteiger partial charge in [-0.15, -0.1) is 0 Å². The molecule has 0 fully saturated rings. The fourth-order valence-electron chi connectivity index (χ4n) is 2.16. The summed E-state index contributed by atoms with van der Waals surface area (Å²) in [5.41, 5.74) is 1.72. The van der Waals surface area contributed by atoms with E-state index in [1.54, 1.807) is 48.5 Å². The highest BCUT2D eigenvalue weighted by Crippen LogP contribution is 2.20. The zero-order valence-corrected chi connectivity index (χ0v) is 14.0. The maximum Gasteiger partial charge on any atom is 0.251 e. The minimum Gasteiger partial charge on any atom is -0.388 e. The summed E-state index contributed by atoms with van der Waals surface area (Å²) in [7, 11) is 0. The van der Waals surface area contributed by atoms with Crippen LogP contribution >= 0.6 is 11.6 Å². The predicted molar refractivity (Wildman–Crippen MR) is 94.1 cm³/mol. The standard InChI is InChI=1S/C18H19ClN2O3/c1-2-20-18(24)13-5-9-15(10-6-13)21-17(23)11-16(22)12-3-7-14(19)8-4-12/h3-10,16,22H,2,11H2,1H3,(H,20,24)(H,21,23). The van der Waals surface area contributed by atoms with Crippen LogP contribution in [0.25, 0.3) is 0 Å². The van der Waals surface area contributed by atoms with Crippen molar-refractivity contribution in [1.29, 1.82) is 0 Å². The number of carbonyl (C=O) groups excluding carboxylic acids is 2. The highest BCUT2D eigenvalue weighted by Gasteiger charge is 2.13. The molecule has 1 atom stereocenters. The van der Waals surface area contributed by atoms with Gasteiger partial charge in [0.1, 0.15) is 0 Å². The second-order valence-electron chi connectivity index (χ2n) is 5.26. The van der Waals surface area contributed by atoms with Gasteiger partial charge in [-0.25, -0.2) is 0 Å². The van der Waals surface area contributed by atoms with Crippen molar-refractivity contribution >= 4 is 29.1 Å². The third-order valence-corrected chi connectivity index (χ3v) is 3.65. The summed E-state index contributed by atoms with van der Waals surface area (Å²) in [4.78, 5) is 23.7. The van der Waals surface area contributed by atoms with Crippen LogP contribution in [-0.4, -0.2) is 23.5 Å². The van der Waals surface area contributed by atoms with Crippen LogP contribution in [-0.2, 0) is 4.79 Å². The Bertz CT molecular complexity index is 699. The smallest absolute Gasteiger partial charge is 0.251 e. The number of hydrogen-bond donors (Lipinski definition) is 3. The second-order valence-corrected chi connectivity index (χ2v) is 5.69. The summed E-state index contributed by atoms with van der Waals surface area (Å²) < 4.78 is 0. The SMILES string of the molecule is CCNC(=O)c1ccc(NC(=O)CC(O)c2ccc(Cl)cc2)cc1. The first-order valence-electron chi connectivity index (χ1n) is 7.61. The molecular formula is C18H19ClN2O3. The molecule has 0 spiro atoms. The fourth-order valence-corrected chi connectivity index (χ4v) is 2.28. The van der Waals surface area contributed by atoms with E-state index in [-0.39, 0.29) is 18.2 Å². The summed E-state index contributed by atoms with van der Waals surface area (Å²) in [6.45, 7) is 2.40. The minimum atomic E-state index is -0.906. The zero-order chi connectivity index (χ0) is 17.5. The van der Waals surface area contributed by atoms with Gasteiger partial charge in [0.2, 0.25) is 5.91 Å². The van der Waals surface area contributed by atoms with Crippen LogP contribution in [0.1, 0.15) is 35.4 Å². The Hall–Kier alpha value is -2.37. The van der Waals surface area contributed by atoms with Crippen LogP contribution in [0.15, 0.2) is 48.5 Å². The molecular weight excluding hydrogens is 328 g/mol. The molecule has 0 radical (unpaired) electrons. The van der Waals surface area contributed by atoms with Crippen molar-refractivity contribution < 1.29 is 14.7 Å². The average molecular weight is 347 g/mol. The number of benzene rings is 2. The van der Waals surface area contributed by atoms with Crippen LogP contribution in [0.5, 0.6) is 0 Å². The van der Waals surface area contributed by atoms with E-state index in [1.807, 2.05) is 6.92 Å². The lowest BCUT2D eigenvalue weighted by molar-refractivity contribution is -0.118. The third-order valence-electron chi connectivity index (χ3n) is 3.40. The summed E-state index contributed by atoms with van der Waals surface area (Å²) in [6, 6.07) is 13.3. The monoisotopic (exact) mass is 346 g/mol. The van der Waals surface area contributed by atoms with E-state index < -0.39 is 6.10 Å². The van der Waals surface area contributed by atoms with Gasteiger partial charge in [-0.2, -0.15) is 0 Å². The first kappa shape index (κ1) is 18.0. The summed E-state index contributed by atoms with van der Waals surface area (Å²) in [5, 5.41) is 16.0. The van der Waals surface area contributed by atoms with E-state index in [9.17, 15) is 14.7 Å². The molecule has 5 nitrogen and oxygen atoms in total. The Morgan fingerprint density at radius 1 is 1.08 bits per heavy atom. The van der Waals surface area contributed by atoms with Crippen LogP contribution in [0, 0.1) is 0 Å². The predicted octanol–water partition coefficient (Wildman–Crippen LogP) is 3.15. The van der Waals surface area contributed by atoms with E-state index in [0.717, 1.165) is 0 Å². The van der Waals surface area contributed by atoms with Crippen LogP contribution in [0.2, 0.25) is 5.02 Å². The molecule has 24 heavy (non-hydrogen) atoms. The Morgan fingerprint density at radius 2 is 1.71 bits per heavy atom. The lowest BCUT2D eigenvalue weighted by Gasteiger charge is -2.12. The van der Waals surface area contributed by atoms with Crippen molar-refractivity contribution in [3.05, 3.63) is 64.7 Å². The fraction of sp³-hybridized carbons (Fsp3) is 0.222. The average Bonchev–Trinajstić information content (AvgIpc) is 2.56. The highest BCUT2D eigenvalue weighted by molar-refractivity contribution is 6.30. The topological polar surface area (TPSA) is 78.4 Å². The quantitative estimate of drug-likeness (QED) is 0.751. The number of hydrogen-bond acceptors (Lipinski definition) is 3. The van der Waals surface area contributed by atoms with Crippen LogP contribution < -0.4 is 10.6 Å². The lowest BCUT2D eigenvalue weighted by atomic mass is 10.1. The number of carbonyl (C=O) groups is 2. The Morgan fingerprint density at radius 3 is 2.29 bits per heavy atom. The molecule has 0 bridgehead atoms. The van der Waals surface area contributed by atoms with Crippen molar-refractivity contribution in [1.82, 2.24) is 5.32 Å². The van der Waals surface area contributed by atoms with E-state index in [4.69, 9.17) is 11.6 Å². The Labute approximate surface area is 145 Å². The largest absolute Gasteiger partial charge is 0.388 e. The van der Waals surface area contributed by atoms with Crippen LogP contribution in [0.4, 0.5) is 5.69 Å². The van der Waals surface area contributed by atoms with E-state index >= 15 is 0 Å². The number of aliphatic hydroxyl groups excluding tert-OH is 1. The number of rotatable bonds is 6.